The van der Waals surface area contributed by atoms with Crippen LogP contribution in [0.15, 0.2) is 11.3 Å². The molecule has 0 aromatic rings. The zero-order chi connectivity index (χ0) is 9.02. The Kier molecular flexibility index (Phi) is 3.86. The lowest BCUT2D eigenvalue weighted by Gasteiger charge is -2.00. The van der Waals surface area contributed by atoms with Crippen LogP contribution in [0, 0.1) is 0 Å². The highest BCUT2D eigenvalue weighted by Crippen LogP contribution is 2.19. The molecule has 0 spiro atoms. The fraction of sp³-hybridized carbons (Fsp3) is 0.667. The molecule has 1 unspecified atom stereocenters. The Morgan fingerprint density at radius 2 is 1.73 bits per heavy atom. The summed E-state index contributed by atoms with van der Waals surface area (Å²) in [6, 6.07) is 0. The molecule has 0 amide bonds. The summed E-state index contributed by atoms with van der Waals surface area (Å²) in [6.07, 6.45) is -0.245. The number of allylic oxidation sites excluding steroid dienone is 1. The van der Waals surface area contributed by atoms with Crippen LogP contribution in [0.4, 0.5) is 0 Å². The second-order valence-corrected chi connectivity index (χ2v) is 2.31. The van der Waals surface area contributed by atoms with Crippen LogP contribution in [0.3, 0.4) is 0 Å². The van der Waals surface area contributed by atoms with Crippen molar-refractivity contribution in [3.8, 4) is 0 Å². The van der Waals surface area contributed by atoms with Crippen molar-refractivity contribution in [3.05, 3.63) is 11.3 Å². The van der Waals surface area contributed by atoms with Gasteiger partial charge in [-0.2, -0.15) is 0 Å². The van der Waals surface area contributed by atoms with E-state index in [-0.39, 0.29) is 11.9 Å². The van der Waals surface area contributed by atoms with Crippen LogP contribution in [-0.4, -0.2) is 11.9 Å². The summed E-state index contributed by atoms with van der Waals surface area (Å²) in [7, 11) is 0. The van der Waals surface area contributed by atoms with Crippen molar-refractivity contribution in [1.82, 2.24) is 0 Å². The number of rotatable bonds is 0. The summed E-state index contributed by atoms with van der Waals surface area (Å²) in [4.78, 5) is 10.9. The molecule has 0 aromatic heterocycles. The Morgan fingerprint density at radius 3 is 1.82 bits per heavy atom. The number of hydrogen-bond donors (Lipinski definition) is 0. The van der Waals surface area contributed by atoms with Crippen molar-refractivity contribution in [2.45, 2.75) is 40.7 Å². The third kappa shape index (κ3) is 2.07. The van der Waals surface area contributed by atoms with Gasteiger partial charge < -0.3 is 4.74 Å². The second-order valence-electron chi connectivity index (χ2n) is 2.31. The van der Waals surface area contributed by atoms with Crippen molar-refractivity contribution in [1.29, 1.82) is 0 Å². The van der Waals surface area contributed by atoms with Gasteiger partial charge in [0, 0.05) is 5.57 Å². The van der Waals surface area contributed by atoms with Gasteiger partial charge in [-0.25, -0.2) is 0 Å². The molecule has 1 rings (SSSR count). The van der Waals surface area contributed by atoms with E-state index >= 15 is 0 Å². The lowest BCUT2D eigenvalue weighted by molar-refractivity contribution is -0.120. The molecule has 64 valence electrons. The van der Waals surface area contributed by atoms with Crippen LogP contribution in [0.5, 0.6) is 0 Å². The highest BCUT2D eigenvalue weighted by Gasteiger charge is 2.25. The quantitative estimate of drug-likeness (QED) is 0.538. The van der Waals surface area contributed by atoms with Gasteiger partial charge in [0.15, 0.2) is 6.10 Å². The molecule has 0 aliphatic carbocycles. The average Bonchev–Trinajstić information content (AvgIpc) is 2.22. The Balaban J connectivity index is 0.000000461. The highest BCUT2D eigenvalue weighted by molar-refractivity contribution is 6.00. The van der Waals surface area contributed by atoms with E-state index in [2.05, 4.69) is 0 Å². The van der Waals surface area contributed by atoms with Crippen LogP contribution in [0.2, 0.25) is 0 Å². The molecule has 1 heterocycles. The van der Waals surface area contributed by atoms with Gasteiger partial charge in [0.2, 0.25) is 5.78 Å². The van der Waals surface area contributed by atoms with Gasteiger partial charge in [0.1, 0.15) is 5.76 Å². The number of carbonyl (C=O) groups is 1. The molecule has 0 radical (unpaired) electrons. The van der Waals surface area contributed by atoms with Gasteiger partial charge >= 0.3 is 0 Å². The second kappa shape index (κ2) is 4.16. The minimum absolute atomic E-state index is 0.118. The van der Waals surface area contributed by atoms with Crippen LogP contribution < -0.4 is 0 Å². The number of ether oxygens (including phenoxy) is 1. The lowest BCUT2D eigenvalue weighted by atomic mass is 10.1. The molecule has 0 N–H and O–H groups in total. The van der Waals surface area contributed by atoms with Gasteiger partial charge in [-0.1, -0.05) is 13.8 Å². The molecule has 1 atom stereocenters. The molecule has 1 aliphatic rings. The fourth-order valence-corrected chi connectivity index (χ4v) is 0.885. The van der Waals surface area contributed by atoms with Crippen LogP contribution >= 0.6 is 0 Å². The fourth-order valence-electron chi connectivity index (χ4n) is 0.885. The van der Waals surface area contributed by atoms with Crippen LogP contribution in [0.1, 0.15) is 34.6 Å². The van der Waals surface area contributed by atoms with Gasteiger partial charge in [0.25, 0.3) is 0 Å². The van der Waals surface area contributed by atoms with Crippen molar-refractivity contribution >= 4 is 5.78 Å². The first kappa shape index (κ1) is 10.2. The summed E-state index contributed by atoms with van der Waals surface area (Å²) >= 11 is 0. The summed E-state index contributed by atoms with van der Waals surface area (Å²) in [5.41, 5.74) is 0.766. The molecule has 0 bridgehead atoms. The van der Waals surface area contributed by atoms with E-state index in [0.717, 1.165) is 11.3 Å². The van der Waals surface area contributed by atoms with E-state index < -0.39 is 0 Å². The Morgan fingerprint density at radius 1 is 1.27 bits per heavy atom. The van der Waals surface area contributed by atoms with E-state index in [1.807, 2.05) is 20.8 Å². The van der Waals surface area contributed by atoms with Crippen molar-refractivity contribution in [2.75, 3.05) is 0 Å². The first-order valence-electron chi connectivity index (χ1n) is 4.01. The maximum absolute atomic E-state index is 10.9. The molecule has 0 saturated heterocycles. The SMILES string of the molecule is CC.CC1=C(C)C(=O)C(C)O1. The summed E-state index contributed by atoms with van der Waals surface area (Å²) in [6.45, 7) is 9.38. The molecule has 11 heavy (non-hydrogen) atoms. The van der Waals surface area contributed by atoms with Gasteiger partial charge in [-0.05, 0) is 20.8 Å². The first-order chi connectivity index (χ1) is 5.13. The van der Waals surface area contributed by atoms with Gasteiger partial charge in [-0.3, -0.25) is 4.79 Å². The maximum atomic E-state index is 10.9. The first-order valence-corrected chi connectivity index (χ1v) is 4.01. The van der Waals surface area contributed by atoms with E-state index in [1.165, 1.54) is 0 Å². The number of ketones is 1. The van der Waals surface area contributed by atoms with Crippen LogP contribution in [-0.2, 0) is 9.53 Å². The molecule has 2 nitrogen and oxygen atoms in total. The third-order valence-electron chi connectivity index (χ3n) is 1.62. The van der Waals surface area contributed by atoms with Gasteiger partial charge in [0.05, 0.1) is 0 Å². The maximum Gasteiger partial charge on any atom is 0.202 e. The highest BCUT2D eigenvalue weighted by atomic mass is 16.5. The van der Waals surface area contributed by atoms with E-state index in [0.29, 0.717) is 0 Å². The number of hydrogen-bond acceptors (Lipinski definition) is 2. The molecule has 0 saturated carbocycles. The zero-order valence-electron chi connectivity index (χ0n) is 7.89. The molecular formula is C9H16O2. The summed E-state index contributed by atoms with van der Waals surface area (Å²) in [5.74, 6) is 0.889. The molecule has 0 aromatic carbocycles. The minimum atomic E-state index is -0.245. The van der Waals surface area contributed by atoms with Crippen LogP contribution in [0.25, 0.3) is 0 Å². The molecule has 1 aliphatic heterocycles. The number of carbonyl (C=O) groups excluding carboxylic acids is 1. The normalized spacial score (nSPS) is 22.6. The van der Waals surface area contributed by atoms with Crippen molar-refractivity contribution in [2.24, 2.45) is 0 Å². The smallest absolute Gasteiger partial charge is 0.202 e. The average molecular weight is 156 g/mol. The summed E-state index contributed by atoms with van der Waals surface area (Å²) < 4.78 is 5.12. The van der Waals surface area contributed by atoms with Gasteiger partial charge in [-0.15, -0.1) is 0 Å². The minimum Gasteiger partial charge on any atom is -0.487 e. The standard InChI is InChI=1S/C7H10O2.C2H6/c1-4-5(2)9-6(3)7(4)8;1-2/h6H,1-3H3;1-2H3. The third-order valence-corrected chi connectivity index (χ3v) is 1.62. The van der Waals surface area contributed by atoms with E-state index in [9.17, 15) is 4.79 Å². The molecular weight excluding hydrogens is 140 g/mol. The van der Waals surface area contributed by atoms with E-state index in [1.54, 1.807) is 13.8 Å². The van der Waals surface area contributed by atoms with Crippen molar-refractivity contribution in [3.63, 3.8) is 0 Å². The molecule has 2 heteroatoms. The Bertz CT molecular complexity index is 180. The monoisotopic (exact) mass is 156 g/mol. The lowest BCUT2D eigenvalue weighted by Crippen LogP contribution is -2.11. The largest absolute Gasteiger partial charge is 0.487 e. The summed E-state index contributed by atoms with van der Waals surface area (Å²) in [5, 5.41) is 0. The Hall–Kier alpha value is -0.790. The topological polar surface area (TPSA) is 26.3 Å². The predicted octanol–water partition coefficient (Wildman–Crippen LogP) is 2.29. The number of Topliss-reactive ketones (excluding diaryl/α,β-unsaturated/α-hetero) is 1. The molecule has 0 fully saturated rings. The predicted molar refractivity (Wildman–Crippen MR) is 45.3 cm³/mol. The van der Waals surface area contributed by atoms with E-state index in [4.69, 9.17) is 4.74 Å². The Labute approximate surface area is 68.2 Å². The van der Waals surface area contributed by atoms with Crippen molar-refractivity contribution < 1.29 is 9.53 Å². The zero-order valence-corrected chi connectivity index (χ0v) is 7.89.